The minimum Gasteiger partial charge on any atom is -0.297 e. The summed E-state index contributed by atoms with van der Waals surface area (Å²) in [5.74, 6) is 1.36. The van der Waals surface area contributed by atoms with Gasteiger partial charge in [0, 0.05) is 13.1 Å². The lowest BCUT2D eigenvalue weighted by atomic mass is 9.86. The molecular formula is C16H20N2. The molecule has 2 unspecified atom stereocenters. The minimum atomic E-state index is 0.680. The molecule has 0 amide bonds. The highest BCUT2D eigenvalue weighted by molar-refractivity contribution is 5.61. The highest BCUT2D eigenvalue weighted by Gasteiger charge is 2.17. The number of nitrogens with zero attached hydrogens (tertiary/aromatic N) is 2. The zero-order valence-corrected chi connectivity index (χ0v) is 10.8. The van der Waals surface area contributed by atoms with Crippen molar-refractivity contribution in [2.24, 2.45) is 9.98 Å². The van der Waals surface area contributed by atoms with Gasteiger partial charge in [-0.3, -0.25) is 9.98 Å². The van der Waals surface area contributed by atoms with Gasteiger partial charge in [0.25, 0.3) is 0 Å². The van der Waals surface area contributed by atoms with Gasteiger partial charge in [0.2, 0.25) is 0 Å². The number of hydrogen-bond donors (Lipinski definition) is 0. The molecule has 1 aromatic rings. The summed E-state index contributed by atoms with van der Waals surface area (Å²) in [5, 5.41) is 0. The van der Waals surface area contributed by atoms with E-state index in [1.807, 2.05) is 0 Å². The molecule has 1 aromatic carbocycles. The van der Waals surface area contributed by atoms with Crippen molar-refractivity contribution < 1.29 is 0 Å². The fourth-order valence-corrected chi connectivity index (χ4v) is 2.95. The van der Waals surface area contributed by atoms with Crippen molar-refractivity contribution in [1.29, 1.82) is 0 Å². The van der Waals surface area contributed by atoms with Gasteiger partial charge >= 0.3 is 0 Å². The largest absolute Gasteiger partial charge is 0.297 e. The van der Waals surface area contributed by atoms with Crippen molar-refractivity contribution in [3.63, 3.8) is 0 Å². The van der Waals surface area contributed by atoms with E-state index in [0.29, 0.717) is 11.8 Å². The molecule has 0 N–H and O–H groups in total. The average Bonchev–Trinajstić information content (AvgIpc) is 2.49. The van der Waals surface area contributed by atoms with E-state index >= 15 is 0 Å². The van der Waals surface area contributed by atoms with Crippen LogP contribution in [0.1, 0.15) is 48.6 Å². The fourth-order valence-electron chi connectivity index (χ4n) is 2.95. The van der Waals surface area contributed by atoms with Crippen LogP contribution in [-0.4, -0.2) is 25.5 Å². The molecule has 0 radical (unpaired) electrons. The molecule has 2 heteroatoms. The van der Waals surface area contributed by atoms with Crippen molar-refractivity contribution in [3.05, 3.63) is 35.4 Å². The van der Waals surface area contributed by atoms with Crippen molar-refractivity contribution in [1.82, 2.24) is 0 Å². The summed E-state index contributed by atoms with van der Waals surface area (Å²) >= 11 is 0. The van der Waals surface area contributed by atoms with Gasteiger partial charge in [-0.05, 0) is 61.1 Å². The van der Waals surface area contributed by atoms with Crippen LogP contribution in [-0.2, 0) is 0 Å². The standard InChI is InChI=1S/C16H20N2/c1-2-15(13-4-8-17-9-5-13)12-16(3-1)14-6-10-18-11-7-14/h1-3,8,10,12-14H,4-7,9,11H2. The Hall–Kier alpha value is -1.44. The Kier molecular flexibility index (Phi) is 3.54. The summed E-state index contributed by atoms with van der Waals surface area (Å²) in [6.45, 7) is 1.98. The summed E-state index contributed by atoms with van der Waals surface area (Å²) < 4.78 is 0. The molecular weight excluding hydrogens is 220 g/mol. The Morgan fingerprint density at radius 3 is 1.83 bits per heavy atom. The van der Waals surface area contributed by atoms with Crippen LogP contribution in [0.3, 0.4) is 0 Å². The van der Waals surface area contributed by atoms with Crippen LogP contribution in [0, 0.1) is 0 Å². The van der Waals surface area contributed by atoms with E-state index in [1.54, 1.807) is 0 Å². The first-order valence-corrected chi connectivity index (χ1v) is 7.00. The first-order chi connectivity index (χ1) is 8.93. The summed E-state index contributed by atoms with van der Waals surface area (Å²) in [4.78, 5) is 8.65. The zero-order chi connectivity index (χ0) is 12.2. The Labute approximate surface area is 109 Å². The monoisotopic (exact) mass is 240 g/mol. The van der Waals surface area contributed by atoms with Gasteiger partial charge in [0.1, 0.15) is 0 Å². The molecule has 2 aliphatic rings. The van der Waals surface area contributed by atoms with Crippen molar-refractivity contribution in [2.75, 3.05) is 13.1 Å². The second-order valence-electron chi connectivity index (χ2n) is 5.29. The third-order valence-corrected chi connectivity index (χ3v) is 4.10. The van der Waals surface area contributed by atoms with Crippen LogP contribution in [0.5, 0.6) is 0 Å². The molecule has 0 bridgehead atoms. The van der Waals surface area contributed by atoms with Crippen LogP contribution in [0.2, 0.25) is 0 Å². The number of aliphatic imine (C=N–C) groups is 2. The predicted molar refractivity (Wildman–Crippen MR) is 77.1 cm³/mol. The second kappa shape index (κ2) is 5.47. The third-order valence-electron chi connectivity index (χ3n) is 4.10. The zero-order valence-electron chi connectivity index (χ0n) is 10.8. The lowest BCUT2D eigenvalue weighted by Gasteiger charge is -2.22. The second-order valence-corrected chi connectivity index (χ2v) is 5.29. The van der Waals surface area contributed by atoms with E-state index < -0.39 is 0 Å². The summed E-state index contributed by atoms with van der Waals surface area (Å²) in [5.41, 5.74) is 3.00. The Balaban J connectivity index is 1.79. The van der Waals surface area contributed by atoms with Gasteiger partial charge in [0.05, 0.1) is 0 Å². The molecule has 2 heterocycles. The van der Waals surface area contributed by atoms with E-state index in [1.165, 1.54) is 24.0 Å². The van der Waals surface area contributed by atoms with E-state index in [2.05, 4.69) is 46.7 Å². The Morgan fingerprint density at radius 2 is 1.39 bits per heavy atom. The topological polar surface area (TPSA) is 24.7 Å². The van der Waals surface area contributed by atoms with Crippen molar-refractivity contribution >= 4 is 12.4 Å². The lowest BCUT2D eigenvalue weighted by molar-refractivity contribution is 0.621. The Bertz CT molecular complexity index is 423. The van der Waals surface area contributed by atoms with Gasteiger partial charge in [-0.1, -0.05) is 24.3 Å². The quantitative estimate of drug-likeness (QED) is 0.755. The van der Waals surface area contributed by atoms with Crippen LogP contribution in [0.4, 0.5) is 0 Å². The molecule has 0 saturated heterocycles. The minimum absolute atomic E-state index is 0.680. The van der Waals surface area contributed by atoms with Crippen LogP contribution < -0.4 is 0 Å². The van der Waals surface area contributed by atoms with Crippen molar-refractivity contribution in [2.45, 2.75) is 37.5 Å². The van der Waals surface area contributed by atoms with Gasteiger partial charge < -0.3 is 0 Å². The summed E-state index contributed by atoms with van der Waals surface area (Å²) in [6, 6.07) is 9.21. The molecule has 0 spiro atoms. The van der Waals surface area contributed by atoms with Crippen LogP contribution in [0.25, 0.3) is 0 Å². The number of hydrogen-bond acceptors (Lipinski definition) is 2. The first-order valence-electron chi connectivity index (χ1n) is 7.00. The third kappa shape index (κ3) is 2.53. The average molecular weight is 240 g/mol. The van der Waals surface area contributed by atoms with E-state index in [4.69, 9.17) is 0 Å². The van der Waals surface area contributed by atoms with Gasteiger partial charge in [-0.25, -0.2) is 0 Å². The maximum absolute atomic E-state index is 4.32. The van der Waals surface area contributed by atoms with Crippen LogP contribution >= 0.6 is 0 Å². The highest BCUT2D eigenvalue weighted by atomic mass is 14.7. The summed E-state index contributed by atoms with van der Waals surface area (Å²) in [6.07, 6.45) is 8.80. The molecule has 0 saturated carbocycles. The number of rotatable bonds is 2. The first kappa shape index (κ1) is 11.6. The van der Waals surface area contributed by atoms with Crippen LogP contribution in [0.15, 0.2) is 34.3 Å². The molecule has 2 atom stereocenters. The molecule has 2 aliphatic heterocycles. The van der Waals surface area contributed by atoms with Crippen molar-refractivity contribution in [3.8, 4) is 0 Å². The normalized spacial score (nSPS) is 27.3. The summed E-state index contributed by atoms with van der Waals surface area (Å²) in [7, 11) is 0. The van der Waals surface area contributed by atoms with Gasteiger partial charge in [-0.2, -0.15) is 0 Å². The molecule has 0 fully saturated rings. The SMILES string of the molecule is C1=NCCC(c2cccc(C3CC=NCC3)c2)C1. The fraction of sp³-hybridized carbons (Fsp3) is 0.500. The van der Waals surface area contributed by atoms with E-state index in [9.17, 15) is 0 Å². The molecule has 2 nitrogen and oxygen atoms in total. The van der Waals surface area contributed by atoms with E-state index in [-0.39, 0.29) is 0 Å². The lowest BCUT2D eigenvalue weighted by Crippen LogP contribution is -2.10. The molecule has 0 aromatic heterocycles. The molecule has 0 aliphatic carbocycles. The van der Waals surface area contributed by atoms with Gasteiger partial charge in [0.15, 0.2) is 0 Å². The Morgan fingerprint density at radius 1 is 0.833 bits per heavy atom. The molecule has 18 heavy (non-hydrogen) atoms. The molecule has 3 rings (SSSR count). The maximum Gasteiger partial charge on any atom is 0.0391 e. The molecule has 94 valence electrons. The van der Waals surface area contributed by atoms with E-state index in [0.717, 1.165) is 25.9 Å². The highest BCUT2D eigenvalue weighted by Crippen LogP contribution is 2.30. The smallest absolute Gasteiger partial charge is 0.0391 e. The number of benzene rings is 1. The maximum atomic E-state index is 4.32. The van der Waals surface area contributed by atoms with Gasteiger partial charge in [-0.15, -0.1) is 0 Å². The predicted octanol–water partition coefficient (Wildman–Crippen LogP) is 3.58.